The fourth-order valence-electron chi connectivity index (χ4n) is 2.69. The van der Waals surface area contributed by atoms with E-state index in [0.717, 1.165) is 12.1 Å². The fraction of sp³-hybridized carbons (Fsp3) is 0.462. The SMILES string of the molecule is Cc1cccc2c1nc(C(F)(F)F)n2C1CCNC1. The number of nitrogens with zero attached hydrogens (tertiary/aromatic N) is 2. The van der Waals surface area contributed by atoms with Crippen LogP contribution in [0.3, 0.4) is 0 Å². The van der Waals surface area contributed by atoms with E-state index < -0.39 is 12.0 Å². The monoisotopic (exact) mass is 269 g/mol. The van der Waals surface area contributed by atoms with Crippen molar-refractivity contribution in [1.82, 2.24) is 14.9 Å². The standard InChI is InChI=1S/C13H14F3N3/c1-8-3-2-4-10-11(8)18-12(13(14,15)16)19(10)9-5-6-17-7-9/h2-4,9,17H,5-7H2,1H3. The summed E-state index contributed by atoms with van der Waals surface area (Å²) in [6.07, 6.45) is -3.73. The van der Waals surface area contributed by atoms with E-state index in [0.29, 0.717) is 24.0 Å². The van der Waals surface area contributed by atoms with Crippen LogP contribution in [0.1, 0.15) is 23.9 Å². The highest BCUT2D eigenvalue weighted by Crippen LogP contribution is 2.35. The Hall–Kier alpha value is -1.56. The molecule has 19 heavy (non-hydrogen) atoms. The fourth-order valence-corrected chi connectivity index (χ4v) is 2.69. The third-order valence-corrected chi connectivity index (χ3v) is 3.57. The number of hydrogen-bond acceptors (Lipinski definition) is 2. The van der Waals surface area contributed by atoms with Gasteiger partial charge in [0.15, 0.2) is 0 Å². The van der Waals surface area contributed by atoms with Crippen molar-refractivity contribution in [3.05, 3.63) is 29.6 Å². The molecule has 2 heterocycles. The Bertz CT molecular complexity index is 609. The number of benzene rings is 1. The third kappa shape index (κ3) is 2.00. The average Bonchev–Trinajstić information content (AvgIpc) is 2.93. The molecule has 0 bridgehead atoms. The normalized spacial score (nSPS) is 20.3. The van der Waals surface area contributed by atoms with E-state index in [4.69, 9.17) is 0 Å². The van der Waals surface area contributed by atoms with Gasteiger partial charge in [-0.05, 0) is 31.5 Å². The van der Waals surface area contributed by atoms with Gasteiger partial charge in [-0.3, -0.25) is 0 Å². The number of para-hydroxylation sites is 1. The Morgan fingerprint density at radius 2 is 2.16 bits per heavy atom. The zero-order valence-electron chi connectivity index (χ0n) is 10.5. The minimum Gasteiger partial charge on any atom is -0.316 e. The molecular weight excluding hydrogens is 255 g/mol. The van der Waals surface area contributed by atoms with Crippen molar-refractivity contribution in [1.29, 1.82) is 0 Å². The Morgan fingerprint density at radius 3 is 2.79 bits per heavy atom. The lowest BCUT2D eigenvalue weighted by atomic mass is 10.2. The molecule has 0 amide bonds. The minimum absolute atomic E-state index is 0.177. The summed E-state index contributed by atoms with van der Waals surface area (Å²) in [7, 11) is 0. The molecule has 1 fully saturated rings. The highest BCUT2D eigenvalue weighted by Gasteiger charge is 2.39. The molecule has 1 N–H and O–H groups in total. The molecule has 3 rings (SSSR count). The number of aryl methyl sites for hydroxylation is 1. The molecule has 0 saturated carbocycles. The van der Waals surface area contributed by atoms with Crippen molar-refractivity contribution < 1.29 is 13.2 Å². The van der Waals surface area contributed by atoms with Crippen molar-refractivity contribution in [2.24, 2.45) is 0 Å². The molecule has 1 aromatic heterocycles. The molecule has 1 atom stereocenters. The highest BCUT2D eigenvalue weighted by atomic mass is 19.4. The van der Waals surface area contributed by atoms with E-state index in [1.165, 1.54) is 4.57 Å². The zero-order chi connectivity index (χ0) is 13.6. The predicted molar refractivity (Wildman–Crippen MR) is 66.0 cm³/mol. The first-order valence-corrected chi connectivity index (χ1v) is 6.24. The summed E-state index contributed by atoms with van der Waals surface area (Å²) in [4.78, 5) is 3.84. The van der Waals surface area contributed by atoms with Gasteiger partial charge in [0, 0.05) is 12.6 Å². The van der Waals surface area contributed by atoms with Crippen molar-refractivity contribution in [2.45, 2.75) is 25.6 Å². The first-order valence-electron chi connectivity index (χ1n) is 6.24. The lowest BCUT2D eigenvalue weighted by Crippen LogP contribution is -2.20. The topological polar surface area (TPSA) is 29.9 Å². The second kappa shape index (κ2) is 4.23. The van der Waals surface area contributed by atoms with Crippen LogP contribution in [0.2, 0.25) is 0 Å². The number of rotatable bonds is 1. The maximum Gasteiger partial charge on any atom is 0.449 e. The van der Waals surface area contributed by atoms with Crippen molar-refractivity contribution in [3.8, 4) is 0 Å². The molecule has 2 aromatic rings. The average molecular weight is 269 g/mol. The van der Waals surface area contributed by atoms with E-state index in [9.17, 15) is 13.2 Å². The Morgan fingerprint density at radius 1 is 1.37 bits per heavy atom. The number of aromatic nitrogens is 2. The van der Waals surface area contributed by atoms with Crippen LogP contribution in [0.5, 0.6) is 0 Å². The van der Waals surface area contributed by atoms with Gasteiger partial charge in [0.05, 0.1) is 11.0 Å². The number of fused-ring (bicyclic) bond motifs is 1. The van der Waals surface area contributed by atoms with Crippen LogP contribution in [-0.4, -0.2) is 22.6 Å². The van der Waals surface area contributed by atoms with Crippen molar-refractivity contribution >= 4 is 11.0 Å². The summed E-state index contributed by atoms with van der Waals surface area (Å²) < 4.78 is 40.9. The summed E-state index contributed by atoms with van der Waals surface area (Å²) in [6, 6.07) is 5.09. The van der Waals surface area contributed by atoms with E-state index in [2.05, 4.69) is 10.3 Å². The van der Waals surface area contributed by atoms with E-state index in [1.807, 2.05) is 0 Å². The highest BCUT2D eigenvalue weighted by molar-refractivity contribution is 5.79. The van der Waals surface area contributed by atoms with Gasteiger partial charge in [-0.2, -0.15) is 13.2 Å². The molecule has 1 aromatic carbocycles. The van der Waals surface area contributed by atoms with Crippen LogP contribution in [0.25, 0.3) is 11.0 Å². The summed E-state index contributed by atoms with van der Waals surface area (Å²) in [5.74, 6) is -0.787. The maximum atomic E-state index is 13.2. The molecule has 6 heteroatoms. The van der Waals surface area contributed by atoms with Crippen LogP contribution in [0.4, 0.5) is 13.2 Å². The van der Waals surface area contributed by atoms with Gasteiger partial charge in [0.25, 0.3) is 0 Å². The Kier molecular flexibility index (Phi) is 2.78. The summed E-state index contributed by atoms with van der Waals surface area (Å²) >= 11 is 0. The molecule has 0 spiro atoms. The van der Waals surface area contributed by atoms with Gasteiger partial charge in [-0.25, -0.2) is 4.98 Å². The lowest BCUT2D eigenvalue weighted by molar-refractivity contribution is -0.147. The Balaban J connectivity index is 2.28. The summed E-state index contributed by atoms with van der Waals surface area (Å²) in [5, 5.41) is 3.10. The molecule has 102 valence electrons. The lowest BCUT2D eigenvalue weighted by Gasteiger charge is -2.17. The number of alkyl halides is 3. The van der Waals surface area contributed by atoms with Crippen LogP contribution in [0.15, 0.2) is 18.2 Å². The van der Waals surface area contributed by atoms with Crippen LogP contribution in [0, 0.1) is 6.92 Å². The summed E-state index contributed by atoms with van der Waals surface area (Å²) in [6.45, 7) is 3.09. The number of imidazole rings is 1. The van der Waals surface area contributed by atoms with Gasteiger partial charge in [0.2, 0.25) is 5.82 Å². The first-order chi connectivity index (χ1) is 8.98. The van der Waals surface area contributed by atoms with Gasteiger partial charge in [-0.15, -0.1) is 0 Å². The van der Waals surface area contributed by atoms with E-state index >= 15 is 0 Å². The quantitative estimate of drug-likeness (QED) is 0.862. The second-order valence-corrected chi connectivity index (χ2v) is 4.89. The molecule has 0 radical (unpaired) electrons. The molecule has 1 saturated heterocycles. The predicted octanol–water partition coefficient (Wildman–Crippen LogP) is 2.90. The molecule has 0 aliphatic carbocycles. The van der Waals surface area contributed by atoms with Crippen molar-refractivity contribution in [3.63, 3.8) is 0 Å². The number of hydrogen-bond donors (Lipinski definition) is 1. The smallest absolute Gasteiger partial charge is 0.316 e. The summed E-state index contributed by atoms with van der Waals surface area (Å²) in [5.41, 5.74) is 1.79. The molecule has 1 aliphatic heterocycles. The van der Waals surface area contributed by atoms with Crippen molar-refractivity contribution in [2.75, 3.05) is 13.1 Å². The maximum absolute atomic E-state index is 13.2. The van der Waals surface area contributed by atoms with Gasteiger partial charge >= 0.3 is 6.18 Å². The van der Waals surface area contributed by atoms with Gasteiger partial charge in [-0.1, -0.05) is 12.1 Å². The van der Waals surface area contributed by atoms with Gasteiger partial charge < -0.3 is 9.88 Å². The van der Waals surface area contributed by atoms with E-state index in [-0.39, 0.29) is 6.04 Å². The first kappa shape index (κ1) is 12.5. The zero-order valence-corrected chi connectivity index (χ0v) is 10.5. The van der Waals surface area contributed by atoms with Crippen LogP contribution >= 0.6 is 0 Å². The van der Waals surface area contributed by atoms with Gasteiger partial charge in [0.1, 0.15) is 0 Å². The number of halogens is 3. The molecular formula is C13H14F3N3. The molecule has 1 aliphatic rings. The third-order valence-electron chi connectivity index (χ3n) is 3.57. The second-order valence-electron chi connectivity index (χ2n) is 4.89. The van der Waals surface area contributed by atoms with E-state index in [1.54, 1.807) is 25.1 Å². The Labute approximate surface area is 108 Å². The van der Waals surface area contributed by atoms with Crippen LogP contribution < -0.4 is 5.32 Å². The number of nitrogens with one attached hydrogen (secondary N) is 1. The van der Waals surface area contributed by atoms with Crippen LogP contribution in [-0.2, 0) is 6.18 Å². The largest absolute Gasteiger partial charge is 0.449 e. The minimum atomic E-state index is -4.42. The molecule has 3 nitrogen and oxygen atoms in total. The molecule has 1 unspecified atom stereocenters.